The van der Waals surface area contributed by atoms with E-state index in [-0.39, 0.29) is 0 Å². The highest BCUT2D eigenvalue weighted by Gasteiger charge is 2.27. The van der Waals surface area contributed by atoms with E-state index in [9.17, 15) is 0 Å². The molecule has 0 fully saturated rings. The van der Waals surface area contributed by atoms with Crippen LogP contribution in [0.5, 0.6) is 0 Å². The van der Waals surface area contributed by atoms with E-state index in [0.29, 0.717) is 0 Å². The molecule has 0 spiro atoms. The summed E-state index contributed by atoms with van der Waals surface area (Å²) in [7, 11) is 0. The number of benzene rings is 9. The molecule has 9 aromatic carbocycles. The van der Waals surface area contributed by atoms with Crippen LogP contribution in [0.25, 0.3) is 93.9 Å². The average Bonchev–Trinajstić information content (AvgIpc) is 3.99. The molecule has 0 unspecified atom stereocenters. The van der Waals surface area contributed by atoms with Crippen LogP contribution in [0.2, 0.25) is 0 Å². The second-order valence-corrected chi connectivity index (χ2v) is 18.0. The molecule has 1 nitrogen and oxygen atoms in total. The van der Waals surface area contributed by atoms with Gasteiger partial charge in [-0.3, -0.25) is 0 Å². The zero-order chi connectivity index (χ0) is 38.2. The predicted octanol–water partition coefficient (Wildman–Crippen LogP) is 17.3. The van der Waals surface area contributed by atoms with Crippen LogP contribution in [0.3, 0.4) is 0 Å². The first-order chi connectivity index (χ1) is 28.8. The fourth-order valence-corrected chi connectivity index (χ4v) is 12.5. The zero-order valence-electron chi connectivity index (χ0n) is 31.2. The summed E-state index contributed by atoms with van der Waals surface area (Å²) < 4.78 is 7.76. The Hall–Kier alpha value is -6.56. The van der Waals surface area contributed by atoms with Crippen molar-refractivity contribution in [1.29, 1.82) is 0 Å². The van der Waals surface area contributed by atoms with Gasteiger partial charge in [-0.2, -0.15) is 0 Å². The van der Waals surface area contributed by atoms with E-state index < -0.39 is 0 Å². The molecule has 0 N–H and O–H groups in total. The molecule has 0 atom stereocenters. The highest BCUT2D eigenvalue weighted by atomic mass is 32.1. The second kappa shape index (κ2) is 13.5. The molecule has 0 amide bonds. The zero-order valence-corrected chi connectivity index (χ0v) is 33.7. The maximum Gasteiger partial charge on any atom is 0.0633 e. The largest absolute Gasteiger partial charge is 0.308 e. The van der Waals surface area contributed by atoms with Crippen molar-refractivity contribution in [1.82, 2.24) is 0 Å². The molecule has 0 aliphatic heterocycles. The predicted molar refractivity (Wildman–Crippen MR) is 256 cm³/mol. The van der Waals surface area contributed by atoms with E-state index in [1.807, 2.05) is 34.0 Å². The van der Waals surface area contributed by atoms with Crippen molar-refractivity contribution in [3.05, 3.63) is 200 Å². The van der Waals surface area contributed by atoms with E-state index in [1.165, 1.54) is 105 Å². The standard InChI is InChI=1S/C54H33NS3/c1-4-15-34(16-5-1)38-30-32-48-51(44-24-14-23-39(53(44)58-48)35-17-6-2-7-18-35)52(38)55(37-27-28-42-41-21-10-12-25-46(41)56-49(42)33-37)45-31-29-40(36-19-8-3-9-20-36)54-50(45)43-22-11-13-26-47(43)57-54/h1-33H. The van der Waals surface area contributed by atoms with Gasteiger partial charge < -0.3 is 4.90 Å². The highest BCUT2D eigenvalue weighted by Crippen LogP contribution is 2.55. The number of nitrogens with zero attached hydrogens (tertiary/aromatic N) is 1. The molecule has 0 radical (unpaired) electrons. The van der Waals surface area contributed by atoms with Crippen LogP contribution >= 0.6 is 34.0 Å². The Balaban J connectivity index is 1.25. The number of fused-ring (bicyclic) bond motifs is 9. The molecule has 0 saturated heterocycles. The third-order valence-electron chi connectivity index (χ3n) is 11.5. The van der Waals surface area contributed by atoms with Crippen LogP contribution in [0.1, 0.15) is 0 Å². The van der Waals surface area contributed by atoms with Crippen molar-refractivity contribution in [3.8, 4) is 33.4 Å². The van der Waals surface area contributed by atoms with Gasteiger partial charge in [0.2, 0.25) is 0 Å². The quantitative estimate of drug-likeness (QED) is 0.162. The van der Waals surface area contributed by atoms with Crippen molar-refractivity contribution >= 4 is 112 Å². The smallest absolute Gasteiger partial charge is 0.0633 e. The Kier molecular flexibility index (Phi) is 7.83. The maximum absolute atomic E-state index is 2.60. The summed E-state index contributed by atoms with van der Waals surface area (Å²) >= 11 is 5.67. The topological polar surface area (TPSA) is 3.24 Å². The first-order valence-corrected chi connectivity index (χ1v) is 22.0. The maximum atomic E-state index is 2.60. The fourth-order valence-electron chi connectivity index (χ4n) is 8.88. The molecular weight excluding hydrogens is 759 g/mol. The van der Waals surface area contributed by atoms with Gasteiger partial charge in [0, 0.05) is 71.8 Å². The minimum absolute atomic E-state index is 1.14. The van der Waals surface area contributed by atoms with Crippen LogP contribution in [-0.4, -0.2) is 0 Å². The summed E-state index contributed by atoms with van der Waals surface area (Å²) in [6, 6.07) is 73.9. The van der Waals surface area contributed by atoms with Gasteiger partial charge in [0.15, 0.2) is 0 Å². The van der Waals surface area contributed by atoms with Gasteiger partial charge in [0.25, 0.3) is 0 Å². The molecule has 12 rings (SSSR count). The van der Waals surface area contributed by atoms with Gasteiger partial charge >= 0.3 is 0 Å². The molecule has 0 bridgehead atoms. The number of hydrogen-bond acceptors (Lipinski definition) is 4. The SMILES string of the molecule is c1ccc(-c2ccc3sc4c(-c5ccccc5)cccc4c3c2N(c2ccc3c(c2)sc2ccccc23)c2ccc(-c3ccccc3)c3sc4ccccc4c23)cc1. The fraction of sp³-hybridized carbons (Fsp3) is 0. The van der Waals surface area contributed by atoms with Crippen LogP contribution < -0.4 is 4.90 Å². The summed E-state index contributed by atoms with van der Waals surface area (Å²) in [4.78, 5) is 2.60. The normalized spacial score (nSPS) is 11.8. The van der Waals surface area contributed by atoms with Crippen molar-refractivity contribution in [2.75, 3.05) is 4.90 Å². The lowest BCUT2D eigenvalue weighted by molar-refractivity contribution is 1.33. The van der Waals surface area contributed by atoms with Gasteiger partial charge in [-0.1, -0.05) is 164 Å². The summed E-state index contributed by atoms with van der Waals surface area (Å²) in [5.41, 5.74) is 10.9. The molecule has 3 aromatic heterocycles. The molecule has 0 aliphatic rings. The molecule has 0 saturated carbocycles. The molecule has 58 heavy (non-hydrogen) atoms. The molecular formula is C54H33NS3. The summed E-state index contributed by atoms with van der Waals surface area (Å²) in [6.45, 7) is 0. The Morgan fingerprint density at radius 3 is 1.59 bits per heavy atom. The third kappa shape index (κ3) is 5.26. The first kappa shape index (κ1) is 33.6. The van der Waals surface area contributed by atoms with Crippen molar-refractivity contribution in [2.24, 2.45) is 0 Å². The van der Waals surface area contributed by atoms with E-state index in [1.54, 1.807) is 0 Å². The van der Waals surface area contributed by atoms with Crippen LogP contribution in [0.4, 0.5) is 17.1 Å². The lowest BCUT2D eigenvalue weighted by atomic mass is 9.95. The highest BCUT2D eigenvalue weighted by molar-refractivity contribution is 7.27. The van der Waals surface area contributed by atoms with Crippen molar-refractivity contribution in [3.63, 3.8) is 0 Å². The van der Waals surface area contributed by atoms with Crippen LogP contribution in [0, 0.1) is 0 Å². The van der Waals surface area contributed by atoms with Crippen LogP contribution in [-0.2, 0) is 0 Å². The van der Waals surface area contributed by atoms with Gasteiger partial charge in [0.05, 0.1) is 11.4 Å². The van der Waals surface area contributed by atoms with E-state index in [0.717, 1.165) is 5.69 Å². The van der Waals surface area contributed by atoms with Gasteiger partial charge in [-0.15, -0.1) is 34.0 Å². The van der Waals surface area contributed by atoms with Gasteiger partial charge in [-0.05, 0) is 64.2 Å². The van der Waals surface area contributed by atoms with E-state index >= 15 is 0 Å². The van der Waals surface area contributed by atoms with Gasteiger partial charge in [-0.25, -0.2) is 0 Å². The monoisotopic (exact) mass is 791 g/mol. The Morgan fingerprint density at radius 2 is 0.862 bits per heavy atom. The summed E-state index contributed by atoms with van der Waals surface area (Å²) in [6.07, 6.45) is 0. The first-order valence-electron chi connectivity index (χ1n) is 19.6. The average molecular weight is 792 g/mol. The third-order valence-corrected chi connectivity index (χ3v) is 15.0. The Bertz CT molecular complexity index is 3500. The second-order valence-electron chi connectivity index (χ2n) is 14.8. The summed E-state index contributed by atoms with van der Waals surface area (Å²) in [5, 5.41) is 7.70. The molecule has 0 aliphatic carbocycles. The van der Waals surface area contributed by atoms with Gasteiger partial charge in [0.1, 0.15) is 0 Å². The minimum atomic E-state index is 1.14. The molecule has 4 heteroatoms. The number of hydrogen-bond donors (Lipinski definition) is 0. The number of rotatable bonds is 6. The lowest BCUT2D eigenvalue weighted by Gasteiger charge is -2.30. The Morgan fingerprint density at radius 1 is 0.310 bits per heavy atom. The number of thiophene rings is 3. The lowest BCUT2D eigenvalue weighted by Crippen LogP contribution is -2.12. The van der Waals surface area contributed by atoms with E-state index in [2.05, 4.69) is 205 Å². The van der Waals surface area contributed by atoms with E-state index in [4.69, 9.17) is 0 Å². The molecule has 12 aromatic rings. The van der Waals surface area contributed by atoms with Crippen molar-refractivity contribution < 1.29 is 0 Å². The van der Waals surface area contributed by atoms with Crippen LogP contribution in [0.15, 0.2) is 200 Å². The number of anilines is 3. The summed E-state index contributed by atoms with van der Waals surface area (Å²) in [5.74, 6) is 0. The minimum Gasteiger partial charge on any atom is -0.308 e. The van der Waals surface area contributed by atoms with Crippen molar-refractivity contribution in [2.45, 2.75) is 0 Å². The Labute approximate surface area is 347 Å². The molecule has 3 heterocycles. The molecule has 272 valence electrons.